The molecule has 9 nitrogen and oxygen atoms in total. The molecule has 1 atom stereocenters. The van der Waals surface area contributed by atoms with Gasteiger partial charge in [-0.25, -0.2) is 14.6 Å². The van der Waals surface area contributed by atoms with Gasteiger partial charge in [-0.05, 0) is 53.5 Å². The number of nitrogens with one attached hydrogen (secondary N) is 1. The first kappa shape index (κ1) is 22.4. The minimum Gasteiger partial charge on any atom is -0.352 e. The minimum atomic E-state index is -0.159. The average Bonchev–Trinajstić information content (AvgIpc) is 3.53. The van der Waals surface area contributed by atoms with Crippen molar-refractivity contribution in [1.82, 2.24) is 34.9 Å². The molecule has 2 aromatic rings. The second-order valence-electron chi connectivity index (χ2n) is 9.06. The Morgan fingerprint density at radius 1 is 1.06 bits per heavy atom. The normalized spacial score (nSPS) is 18.0. The second-order valence-corrected chi connectivity index (χ2v) is 9.06. The lowest BCUT2D eigenvalue weighted by Crippen LogP contribution is -2.55. The van der Waals surface area contributed by atoms with E-state index in [0.717, 1.165) is 41.2 Å². The minimum absolute atomic E-state index is 0.0897. The van der Waals surface area contributed by atoms with Crippen LogP contribution >= 0.6 is 0 Å². The molecule has 1 N–H and O–H groups in total. The van der Waals surface area contributed by atoms with Crippen LogP contribution < -0.4 is 5.32 Å². The summed E-state index contributed by atoms with van der Waals surface area (Å²) in [5.41, 5.74) is 4.41. The molecule has 9 heteroatoms. The van der Waals surface area contributed by atoms with Gasteiger partial charge < -0.3 is 10.2 Å². The maximum absolute atomic E-state index is 13.0. The molecular weight excluding hydrogens is 406 g/mol. The van der Waals surface area contributed by atoms with E-state index in [9.17, 15) is 9.59 Å². The molecule has 2 aromatic heterocycles. The molecule has 2 aliphatic rings. The number of nitrogens with zero attached hydrogens (tertiary/aromatic N) is 6. The Hall–Kier alpha value is -2.81. The molecule has 172 valence electrons. The summed E-state index contributed by atoms with van der Waals surface area (Å²) in [4.78, 5) is 38.4. The van der Waals surface area contributed by atoms with Gasteiger partial charge in [-0.1, -0.05) is 0 Å². The van der Waals surface area contributed by atoms with Gasteiger partial charge in [-0.2, -0.15) is 5.10 Å². The molecule has 3 heterocycles. The third kappa shape index (κ3) is 4.82. The molecule has 2 amide bonds. The zero-order chi connectivity index (χ0) is 23.0. The van der Waals surface area contributed by atoms with Crippen molar-refractivity contribution in [2.75, 3.05) is 26.2 Å². The highest BCUT2D eigenvalue weighted by Gasteiger charge is 2.31. The van der Waals surface area contributed by atoms with Crippen molar-refractivity contribution in [3.8, 4) is 5.95 Å². The topological polar surface area (TPSA) is 96.3 Å². The van der Waals surface area contributed by atoms with E-state index in [0.29, 0.717) is 44.6 Å². The Labute approximate surface area is 189 Å². The lowest BCUT2D eigenvalue weighted by atomic mass is 10.1. The van der Waals surface area contributed by atoms with Crippen LogP contribution in [0.2, 0.25) is 0 Å². The third-order valence-corrected chi connectivity index (χ3v) is 6.45. The Morgan fingerprint density at radius 2 is 1.69 bits per heavy atom. The van der Waals surface area contributed by atoms with Crippen LogP contribution in [0.25, 0.3) is 5.95 Å². The predicted molar refractivity (Wildman–Crippen MR) is 121 cm³/mol. The number of aromatic nitrogens is 4. The summed E-state index contributed by atoms with van der Waals surface area (Å²) < 4.78 is 1.73. The molecule has 0 radical (unpaired) electrons. The number of hydrogen-bond donors (Lipinski definition) is 1. The van der Waals surface area contributed by atoms with Crippen molar-refractivity contribution >= 4 is 11.8 Å². The van der Waals surface area contributed by atoms with E-state index in [1.54, 1.807) is 4.68 Å². The molecule has 1 unspecified atom stereocenters. The number of carbonyl (C=O) groups excluding carboxylic acids is 2. The van der Waals surface area contributed by atoms with Gasteiger partial charge in [-0.3, -0.25) is 14.5 Å². The van der Waals surface area contributed by atoms with Crippen molar-refractivity contribution in [2.24, 2.45) is 0 Å². The molecule has 1 aliphatic heterocycles. The highest BCUT2D eigenvalue weighted by Crippen LogP contribution is 2.20. The zero-order valence-electron chi connectivity index (χ0n) is 19.7. The van der Waals surface area contributed by atoms with Crippen LogP contribution in [0.4, 0.5) is 0 Å². The summed E-state index contributed by atoms with van der Waals surface area (Å²) in [7, 11) is 0. The van der Waals surface area contributed by atoms with Crippen molar-refractivity contribution in [2.45, 2.75) is 66.0 Å². The smallest absolute Gasteiger partial charge is 0.251 e. The largest absolute Gasteiger partial charge is 0.352 e. The molecule has 0 aromatic carbocycles. The summed E-state index contributed by atoms with van der Waals surface area (Å²) in [5.74, 6) is 0.722. The van der Waals surface area contributed by atoms with Gasteiger partial charge in [0, 0.05) is 54.9 Å². The molecule has 1 saturated carbocycles. The summed E-state index contributed by atoms with van der Waals surface area (Å²) in [6.07, 6.45) is 2.48. The Bertz CT molecular complexity index is 999. The predicted octanol–water partition coefficient (Wildman–Crippen LogP) is 1.25. The van der Waals surface area contributed by atoms with Crippen molar-refractivity contribution in [3.05, 3.63) is 34.4 Å². The Kier molecular flexibility index (Phi) is 6.28. The first-order chi connectivity index (χ1) is 15.2. The van der Waals surface area contributed by atoms with Crippen molar-refractivity contribution < 1.29 is 9.59 Å². The van der Waals surface area contributed by atoms with Crippen LogP contribution in [0.1, 0.15) is 48.1 Å². The van der Waals surface area contributed by atoms with Crippen LogP contribution in [0.3, 0.4) is 0 Å². The van der Waals surface area contributed by atoms with Gasteiger partial charge in [-0.15, -0.1) is 0 Å². The zero-order valence-corrected chi connectivity index (χ0v) is 19.7. The van der Waals surface area contributed by atoms with Crippen LogP contribution in [-0.4, -0.2) is 79.6 Å². The first-order valence-electron chi connectivity index (χ1n) is 11.4. The van der Waals surface area contributed by atoms with E-state index in [2.05, 4.69) is 25.3 Å². The standard InChI is InChI=1S/C23H33N7O2/c1-14-12-15(2)25-23(24-14)30-17(4)20(16(3)27-30)13-21(31)29-10-8-28(9-11-29)18(5)22(32)26-19-6-7-19/h12,18-19H,6-11,13H2,1-5H3,(H,26,32). The van der Waals surface area contributed by atoms with E-state index in [1.807, 2.05) is 45.6 Å². The summed E-state index contributed by atoms with van der Waals surface area (Å²) in [6, 6.07) is 2.14. The highest BCUT2D eigenvalue weighted by molar-refractivity contribution is 5.82. The van der Waals surface area contributed by atoms with E-state index < -0.39 is 0 Å². The lowest BCUT2D eigenvalue weighted by molar-refractivity contribution is -0.133. The molecule has 2 fully saturated rings. The SMILES string of the molecule is Cc1cc(C)nc(-n2nc(C)c(CC(=O)N3CCN(C(C)C(=O)NC4CC4)CC3)c2C)n1. The summed E-state index contributed by atoms with van der Waals surface area (Å²) >= 11 is 0. The number of carbonyl (C=O) groups is 2. The number of aryl methyl sites for hydroxylation is 3. The lowest BCUT2D eigenvalue weighted by Gasteiger charge is -2.37. The maximum Gasteiger partial charge on any atom is 0.251 e. The van der Waals surface area contributed by atoms with E-state index in [4.69, 9.17) is 0 Å². The van der Waals surface area contributed by atoms with Crippen molar-refractivity contribution in [1.29, 1.82) is 0 Å². The van der Waals surface area contributed by atoms with Gasteiger partial charge in [0.05, 0.1) is 18.2 Å². The van der Waals surface area contributed by atoms with Gasteiger partial charge in [0.25, 0.3) is 5.95 Å². The number of hydrogen-bond acceptors (Lipinski definition) is 6. The summed E-state index contributed by atoms with van der Waals surface area (Å²) in [5, 5.41) is 7.68. The monoisotopic (exact) mass is 439 g/mol. The fraction of sp³-hybridized carbons (Fsp3) is 0.609. The van der Waals surface area contributed by atoms with Gasteiger partial charge in [0.15, 0.2) is 0 Å². The molecule has 0 bridgehead atoms. The molecule has 32 heavy (non-hydrogen) atoms. The van der Waals surface area contributed by atoms with Gasteiger partial charge in [0.1, 0.15) is 0 Å². The number of rotatable bonds is 6. The highest BCUT2D eigenvalue weighted by atomic mass is 16.2. The fourth-order valence-corrected chi connectivity index (χ4v) is 4.26. The fourth-order valence-electron chi connectivity index (χ4n) is 4.26. The molecule has 4 rings (SSSR count). The van der Waals surface area contributed by atoms with Crippen LogP contribution in [-0.2, 0) is 16.0 Å². The second kappa shape index (κ2) is 8.97. The maximum atomic E-state index is 13.0. The molecule has 1 aliphatic carbocycles. The molecular formula is C23H33N7O2. The third-order valence-electron chi connectivity index (χ3n) is 6.45. The first-order valence-corrected chi connectivity index (χ1v) is 11.4. The molecule has 0 spiro atoms. The van der Waals surface area contributed by atoms with E-state index >= 15 is 0 Å². The van der Waals surface area contributed by atoms with Crippen molar-refractivity contribution in [3.63, 3.8) is 0 Å². The van der Waals surface area contributed by atoms with E-state index in [1.165, 1.54) is 0 Å². The Balaban J connectivity index is 1.38. The molecule has 1 saturated heterocycles. The number of amides is 2. The van der Waals surface area contributed by atoms with Crippen LogP contribution in [0.5, 0.6) is 0 Å². The van der Waals surface area contributed by atoms with Crippen LogP contribution in [0.15, 0.2) is 6.07 Å². The average molecular weight is 440 g/mol. The quantitative estimate of drug-likeness (QED) is 0.728. The summed E-state index contributed by atoms with van der Waals surface area (Å²) in [6.45, 7) is 12.4. The van der Waals surface area contributed by atoms with E-state index in [-0.39, 0.29) is 17.9 Å². The Morgan fingerprint density at radius 3 is 2.28 bits per heavy atom. The van der Waals surface area contributed by atoms with Gasteiger partial charge in [0.2, 0.25) is 11.8 Å². The number of piperazine rings is 1. The van der Waals surface area contributed by atoms with Gasteiger partial charge >= 0.3 is 0 Å². The van der Waals surface area contributed by atoms with Crippen LogP contribution in [0, 0.1) is 27.7 Å².